The fourth-order valence-corrected chi connectivity index (χ4v) is 2.98. The summed E-state index contributed by atoms with van der Waals surface area (Å²) < 4.78 is 10.5. The number of nitrogens with two attached hydrogens (primary N) is 1. The summed E-state index contributed by atoms with van der Waals surface area (Å²) in [5.41, 5.74) is 6.14. The van der Waals surface area contributed by atoms with Gasteiger partial charge in [0.15, 0.2) is 0 Å². The molecule has 2 atom stereocenters. The van der Waals surface area contributed by atoms with Gasteiger partial charge in [-0.15, -0.1) is 0 Å². The number of nitrogens with zero attached hydrogens (tertiary/aromatic N) is 1. The van der Waals surface area contributed by atoms with Crippen LogP contribution < -0.4 is 5.73 Å². The number of hydrogen-bond donors (Lipinski definition) is 2. The van der Waals surface area contributed by atoms with E-state index in [0.717, 1.165) is 18.4 Å². The number of amides is 1. The van der Waals surface area contributed by atoms with Crippen LogP contribution in [0, 0.1) is 0 Å². The molecule has 26 heavy (non-hydrogen) atoms. The van der Waals surface area contributed by atoms with Crippen molar-refractivity contribution in [2.24, 2.45) is 5.73 Å². The van der Waals surface area contributed by atoms with Gasteiger partial charge in [0.05, 0.1) is 24.9 Å². The van der Waals surface area contributed by atoms with Gasteiger partial charge in [-0.1, -0.05) is 12.1 Å². The van der Waals surface area contributed by atoms with Gasteiger partial charge < -0.3 is 25.2 Å². The van der Waals surface area contributed by atoms with E-state index in [1.54, 1.807) is 36.9 Å². The molecule has 7 nitrogen and oxygen atoms in total. The molecular weight excluding hydrogens is 336 g/mol. The third-order valence-corrected chi connectivity index (χ3v) is 4.71. The first-order valence-electron chi connectivity index (χ1n) is 8.80. The number of rotatable bonds is 7. The predicted octanol–water partition coefficient (Wildman–Crippen LogP) is 1.08. The maximum Gasteiger partial charge on any atom is 0.337 e. The summed E-state index contributed by atoms with van der Waals surface area (Å²) in [4.78, 5) is 25.7. The molecular formula is C19H28N2O5. The van der Waals surface area contributed by atoms with Crippen molar-refractivity contribution in [3.05, 3.63) is 35.4 Å². The van der Waals surface area contributed by atoms with Crippen LogP contribution in [0.1, 0.15) is 42.6 Å². The van der Waals surface area contributed by atoms with Gasteiger partial charge in [0.1, 0.15) is 12.1 Å². The zero-order chi connectivity index (χ0) is 19.3. The number of likely N-dealkylation sites (tertiary alicyclic amines) is 1. The Bertz CT molecular complexity index is 641. The Balaban J connectivity index is 1.98. The van der Waals surface area contributed by atoms with E-state index in [2.05, 4.69) is 0 Å². The Hall–Kier alpha value is -1.96. The normalized spacial score (nSPS) is 17.0. The number of aliphatic hydroxyl groups is 1. The highest BCUT2D eigenvalue weighted by Gasteiger charge is 2.39. The van der Waals surface area contributed by atoms with Gasteiger partial charge in [-0.2, -0.15) is 0 Å². The third kappa shape index (κ3) is 4.81. The number of ether oxygens (including phenoxy) is 2. The van der Waals surface area contributed by atoms with Crippen LogP contribution in [-0.4, -0.2) is 59.8 Å². The van der Waals surface area contributed by atoms with Crippen molar-refractivity contribution in [1.82, 2.24) is 4.90 Å². The van der Waals surface area contributed by atoms with Gasteiger partial charge in [0.25, 0.3) is 0 Å². The van der Waals surface area contributed by atoms with Crippen molar-refractivity contribution in [3.8, 4) is 0 Å². The SMILES string of the molecule is COC(=O)c1cccc(COC(C)(C)C(O)[C@H](N)C(=O)N2CCCC2)c1. The van der Waals surface area contributed by atoms with Crippen LogP contribution in [0.2, 0.25) is 0 Å². The van der Waals surface area contributed by atoms with Gasteiger partial charge in [-0.05, 0) is 44.4 Å². The van der Waals surface area contributed by atoms with Crippen LogP contribution >= 0.6 is 0 Å². The maximum absolute atomic E-state index is 12.4. The molecule has 0 radical (unpaired) electrons. The first kappa shape index (κ1) is 20.4. The number of carbonyl (C=O) groups excluding carboxylic acids is 2. The molecule has 1 unspecified atom stereocenters. The van der Waals surface area contributed by atoms with Crippen molar-refractivity contribution < 1.29 is 24.2 Å². The lowest BCUT2D eigenvalue weighted by atomic mass is 9.94. The average molecular weight is 364 g/mol. The fourth-order valence-electron chi connectivity index (χ4n) is 2.98. The minimum Gasteiger partial charge on any atom is -0.465 e. The Morgan fingerprint density at radius 3 is 2.58 bits per heavy atom. The zero-order valence-electron chi connectivity index (χ0n) is 15.6. The zero-order valence-corrected chi connectivity index (χ0v) is 15.6. The highest BCUT2D eigenvalue weighted by molar-refractivity contribution is 5.89. The maximum atomic E-state index is 12.4. The lowest BCUT2D eigenvalue weighted by Gasteiger charge is -2.35. The third-order valence-electron chi connectivity index (χ3n) is 4.71. The van der Waals surface area contributed by atoms with E-state index in [-0.39, 0.29) is 12.5 Å². The molecule has 1 aliphatic heterocycles. The van der Waals surface area contributed by atoms with Gasteiger partial charge in [-0.25, -0.2) is 4.79 Å². The molecule has 1 heterocycles. The summed E-state index contributed by atoms with van der Waals surface area (Å²) in [6.45, 7) is 4.92. The van der Waals surface area contributed by atoms with Crippen LogP contribution in [0.3, 0.4) is 0 Å². The molecule has 0 saturated carbocycles. The molecule has 3 N–H and O–H groups in total. The van der Waals surface area contributed by atoms with Crippen molar-refractivity contribution in [2.75, 3.05) is 20.2 Å². The average Bonchev–Trinajstić information content (AvgIpc) is 3.19. The molecule has 0 aromatic heterocycles. The molecule has 0 bridgehead atoms. The van der Waals surface area contributed by atoms with E-state index in [4.69, 9.17) is 15.2 Å². The standard InChI is InChI=1S/C19H28N2O5/c1-19(2,16(22)15(20)17(23)21-9-4-5-10-21)26-12-13-7-6-8-14(11-13)18(24)25-3/h6-8,11,15-16,22H,4-5,9-10,12,20H2,1-3H3/t15-,16?/m0/s1. The molecule has 1 aliphatic rings. The van der Waals surface area contributed by atoms with E-state index >= 15 is 0 Å². The summed E-state index contributed by atoms with van der Waals surface area (Å²) in [5.74, 6) is -0.677. The molecule has 1 amide bonds. The Kier molecular flexibility index (Phi) is 6.75. The van der Waals surface area contributed by atoms with Crippen molar-refractivity contribution in [2.45, 2.75) is 51.0 Å². The molecule has 7 heteroatoms. The van der Waals surface area contributed by atoms with Crippen LogP contribution in [0.5, 0.6) is 0 Å². The highest BCUT2D eigenvalue weighted by Crippen LogP contribution is 2.22. The lowest BCUT2D eigenvalue weighted by Crippen LogP contribution is -2.57. The van der Waals surface area contributed by atoms with Crippen LogP contribution in [0.25, 0.3) is 0 Å². The Labute approximate surface area is 154 Å². The monoisotopic (exact) mass is 364 g/mol. The first-order valence-corrected chi connectivity index (χ1v) is 8.80. The topological polar surface area (TPSA) is 102 Å². The van der Waals surface area contributed by atoms with Crippen molar-refractivity contribution in [3.63, 3.8) is 0 Å². The Morgan fingerprint density at radius 1 is 1.31 bits per heavy atom. The van der Waals surface area contributed by atoms with Crippen molar-refractivity contribution in [1.29, 1.82) is 0 Å². The second-order valence-corrected chi connectivity index (χ2v) is 7.09. The molecule has 0 aliphatic carbocycles. The molecule has 1 fully saturated rings. The predicted molar refractivity (Wildman–Crippen MR) is 96.4 cm³/mol. The number of benzene rings is 1. The summed E-state index contributed by atoms with van der Waals surface area (Å²) in [6, 6.07) is 5.83. The van der Waals surface area contributed by atoms with E-state index < -0.39 is 23.7 Å². The van der Waals surface area contributed by atoms with E-state index in [1.165, 1.54) is 7.11 Å². The molecule has 144 valence electrons. The van der Waals surface area contributed by atoms with Gasteiger partial charge in [-0.3, -0.25) is 4.79 Å². The molecule has 1 aromatic rings. The summed E-state index contributed by atoms with van der Waals surface area (Å²) in [7, 11) is 1.32. The minimum absolute atomic E-state index is 0.166. The summed E-state index contributed by atoms with van der Waals surface area (Å²) in [5, 5.41) is 10.6. The smallest absolute Gasteiger partial charge is 0.337 e. The molecule has 0 spiro atoms. The number of esters is 1. The van der Waals surface area contributed by atoms with Crippen LogP contribution in [0.15, 0.2) is 24.3 Å². The minimum atomic E-state index is -1.15. The second-order valence-electron chi connectivity index (χ2n) is 7.09. The van der Waals surface area contributed by atoms with Gasteiger partial charge in [0, 0.05) is 13.1 Å². The van der Waals surface area contributed by atoms with Crippen LogP contribution in [0.4, 0.5) is 0 Å². The van der Waals surface area contributed by atoms with E-state index in [0.29, 0.717) is 18.7 Å². The van der Waals surface area contributed by atoms with Gasteiger partial charge >= 0.3 is 5.97 Å². The summed E-state index contributed by atoms with van der Waals surface area (Å²) >= 11 is 0. The second kappa shape index (κ2) is 8.62. The summed E-state index contributed by atoms with van der Waals surface area (Å²) in [6.07, 6.45) is 0.773. The Morgan fingerprint density at radius 2 is 1.96 bits per heavy atom. The number of carbonyl (C=O) groups is 2. The van der Waals surface area contributed by atoms with Crippen molar-refractivity contribution >= 4 is 11.9 Å². The largest absolute Gasteiger partial charge is 0.465 e. The molecule has 1 saturated heterocycles. The highest BCUT2D eigenvalue weighted by atomic mass is 16.5. The molecule has 1 aromatic carbocycles. The molecule has 2 rings (SSSR count). The van der Waals surface area contributed by atoms with E-state index in [9.17, 15) is 14.7 Å². The fraction of sp³-hybridized carbons (Fsp3) is 0.579. The number of aliphatic hydroxyl groups excluding tert-OH is 1. The number of hydrogen-bond acceptors (Lipinski definition) is 6. The number of methoxy groups -OCH3 is 1. The lowest BCUT2D eigenvalue weighted by molar-refractivity contribution is -0.147. The van der Waals surface area contributed by atoms with Gasteiger partial charge in [0.2, 0.25) is 5.91 Å². The quantitative estimate of drug-likeness (QED) is 0.702. The first-order chi connectivity index (χ1) is 12.3. The van der Waals surface area contributed by atoms with E-state index in [1.807, 2.05) is 6.07 Å². The van der Waals surface area contributed by atoms with Crippen LogP contribution in [-0.2, 0) is 20.9 Å².